The summed E-state index contributed by atoms with van der Waals surface area (Å²) in [5, 5.41) is 3.19. The van der Waals surface area contributed by atoms with Crippen LogP contribution in [0, 0.1) is 17.8 Å². The molecule has 1 aromatic rings. The third-order valence-corrected chi connectivity index (χ3v) is 5.90. The predicted octanol–water partition coefficient (Wildman–Crippen LogP) is 4.01. The van der Waals surface area contributed by atoms with Crippen LogP contribution >= 0.6 is 15.9 Å². The molecule has 0 saturated heterocycles. The number of methoxy groups -OCH3 is 1. The first kappa shape index (κ1) is 14.9. The fourth-order valence-corrected chi connectivity index (χ4v) is 4.53. The Hall–Kier alpha value is -1.03. The Labute approximate surface area is 134 Å². The van der Waals surface area contributed by atoms with Crippen LogP contribution in [0.25, 0.3) is 0 Å². The number of carbonyl (C=O) groups excluding carboxylic acids is 1. The number of ether oxygens (including phenoxy) is 1. The first-order valence-corrected chi connectivity index (χ1v) is 8.52. The van der Waals surface area contributed by atoms with Gasteiger partial charge < -0.3 is 10.1 Å². The van der Waals surface area contributed by atoms with Crippen LogP contribution in [0.2, 0.25) is 0 Å². The molecule has 2 bridgehead atoms. The third kappa shape index (κ3) is 2.96. The molecule has 1 N–H and O–H groups in total. The summed E-state index contributed by atoms with van der Waals surface area (Å²) < 4.78 is 6.01. The van der Waals surface area contributed by atoms with E-state index in [0.29, 0.717) is 17.2 Å². The number of rotatable bonds is 4. The van der Waals surface area contributed by atoms with E-state index < -0.39 is 0 Å². The smallest absolute Gasteiger partial charge is 0.252 e. The maximum absolute atomic E-state index is 12.5. The minimum absolute atomic E-state index is 0.0175. The predicted molar refractivity (Wildman–Crippen MR) is 86.6 cm³/mol. The molecule has 4 heteroatoms. The molecule has 2 saturated carbocycles. The van der Waals surface area contributed by atoms with E-state index in [9.17, 15) is 4.79 Å². The van der Waals surface area contributed by atoms with Gasteiger partial charge in [-0.1, -0.05) is 6.42 Å². The highest BCUT2D eigenvalue weighted by atomic mass is 79.9. The molecule has 4 atom stereocenters. The number of nitrogens with one attached hydrogen (secondary N) is 1. The number of amides is 1. The van der Waals surface area contributed by atoms with Crippen molar-refractivity contribution in [2.45, 2.75) is 38.6 Å². The van der Waals surface area contributed by atoms with Crippen LogP contribution in [0.5, 0.6) is 5.75 Å². The molecule has 2 aliphatic carbocycles. The summed E-state index contributed by atoms with van der Waals surface area (Å²) in [5.74, 6) is 3.06. The van der Waals surface area contributed by atoms with Crippen molar-refractivity contribution in [1.82, 2.24) is 5.32 Å². The third-order valence-electron chi connectivity index (χ3n) is 5.21. The van der Waals surface area contributed by atoms with Gasteiger partial charge in [-0.15, -0.1) is 0 Å². The van der Waals surface area contributed by atoms with E-state index in [1.165, 1.54) is 25.7 Å². The van der Waals surface area contributed by atoms with Gasteiger partial charge in [-0.05, 0) is 78.1 Å². The van der Waals surface area contributed by atoms with Gasteiger partial charge in [0.05, 0.1) is 12.7 Å². The largest absolute Gasteiger partial charge is 0.497 e. The van der Waals surface area contributed by atoms with Gasteiger partial charge in [0.15, 0.2) is 0 Å². The second-order valence-electron chi connectivity index (χ2n) is 6.45. The second-order valence-corrected chi connectivity index (χ2v) is 7.30. The number of halogens is 1. The van der Waals surface area contributed by atoms with E-state index in [1.54, 1.807) is 13.2 Å². The summed E-state index contributed by atoms with van der Waals surface area (Å²) in [6.45, 7) is 2.15. The van der Waals surface area contributed by atoms with Crippen molar-refractivity contribution in [3.8, 4) is 5.75 Å². The summed E-state index contributed by atoms with van der Waals surface area (Å²) in [5.41, 5.74) is 0.643. The molecule has 0 aromatic heterocycles. The highest BCUT2D eigenvalue weighted by Gasteiger charge is 2.42. The average Bonchev–Trinajstić information content (AvgIpc) is 3.10. The van der Waals surface area contributed by atoms with Crippen LogP contribution in [0.3, 0.4) is 0 Å². The number of fused-ring (bicyclic) bond motifs is 2. The zero-order valence-corrected chi connectivity index (χ0v) is 14.2. The molecule has 0 heterocycles. The van der Waals surface area contributed by atoms with E-state index in [2.05, 4.69) is 28.2 Å². The second kappa shape index (κ2) is 5.99. The minimum atomic E-state index is -0.0175. The minimum Gasteiger partial charge on any atom is -0.497 e. The van der Waals surface area contributed by atoms with E-state index >= 15 is 0 Å². The molecule has 3 rings (SSSR count). The molecule has 0 unspecified atom stereocenters. The van der Waals surface area contributed by atoms with Gasteiger partial charge >= 0.3 is 0 Å². The summed E-state index contributed by atoms with van der Waals surface area (Å²) in [6, 6.07) is 5.73. The fourth-order valence-electron chi connectivity index (χ4n) is 4.10. The highest BCUT2D eigenvalue weighted by molar-refractivity contribution is 9.10. The van der Waals surface area contributed by atoms with Crippen LogP contribution in [0.15, 0.2) is 22.7 Å². The normalized spacial score (nSPS) is 28.4. The molecule has 0 radical (unpaired) electrons. The number of benzene rings is 1. The molecule has 0 spiro atoms. The summed E-state index contributed by atoms with van der Waals surface area (Å²) in [4.78, 5) is 12.5. The van der Waals surface area contributed by atoms with Crippen molar-refractivity contribution in [2.75, 3.05) is 7.11 Å². The summed E-state index contributed by atoms with van der Waals surface area (Å²) in [7, 11) is 1.61. The van der Waals surface area contributed by atoms with E-state index in [1.807, 2.05) is 12.1 Å². The zero-order chi connectivity index (χ0) is 15.0. The molecule has 1 amide bonds. The SMILES string of the molecule is COc1ccc(Br)c(C(=O)N[C@@H](C)[C@H]2C[C@@H]3CC[C@@H]2C3)c1. The summed E-state index contributed by atoms with van der Waals surface area (Å²) >= 11 is 3.45. The van der Waals surface area contributed by atoms with Crippen molar-refractivity contribution in [1.29, 1.82) is 0 Å². The molecule has 2 aliphatic rings. The number of hydrogen-bond acceptors (Lipinski definition) is 2. The Balaban J connectivity index is 1.68. The standard InChI is InChI=1S/C17H22BrNO2/c1-10(14-8-11-3-4-12(14)7-11)19-17(20)15-9-13(21-2)5-6-16(15)18/h5-6,9-12,14H,3-4,7-8H2,1-2H3,(H,19,20)/t10-,11+,12+,14+/m0/s1. The Bertz CT molecular complexity index is 546. The van der Waals surface area contributed by atoms with E-state index in [0.717, 1.165) is 16.3 Å². The molecule has 1 aromatic carbocycles. The van der Waals surface area contributed by atoms with Crippen LogP contribution < -0.4 is 10.1 Å². The molecule has 114 valence electrons. The average molecular weight is 352 g/mol. The van der Waals surface area contributed by atoms with Gasteiger partial charge in [-0.3, -0.25) is 4.79 Å². The Morgan fingerprint density at radius 1 is 1.38 bits per heavy atom. The monoisotopic (exact) mass is 351 g/mol. The van der Waals surface area contributed by atoms with Gasteiger partial charge in [0.2, 0.25) is 0 Å². The Morgan fingerprint density at radius 3 is 2.81 bits per heavy atom. The Morgan fingerprint density at radius 2 is 2.19 bits per heavy atom. The lowest BCUT2D eigenvalue weighted by atomic mass is 9.84. The maximum Gasteiger partial charge on any atom is 0.252 e. The highest BCUT2D eigenvalue weighted by Crippen LogP contribution is 2.49. The fraction of sp³-hybridized carbons (Fsp3) is 0.588. The lowest BCUT2D eigenvalue weighted by molar-refractivity contribution is 0.0914. The maximum atomic E-state index is 12.5. The van der Waals surface area contributed by atoms with Crippen molar-refractivity contribution >= 4 is 21.8 Å². The van der Waals surface area contributed by atoms with Crippen LogP contribution in [0.4, 0.5) is 0 Å². The van der Waals surface area contributed by atoms with Crippen LogP contribution in [-0.2, 0) is 0 Å². The molecular weight excluding hydrogens is 330 g/mol. The van der Waals surface area contributed by atoms with Crippen molar-refractivity contribution in [3.63, 3.8) is 0 Å². The lowest BCUT2D eigenvalue weighted by Gasteiger charge is -2.28. The van der Waals surface area contributed by atoms with Crippen LogP contribution in [0.1, 0.15) is 43.0 Å². The van der Waals surface area contributed by atoms with Crippen molar-refractivity contribution in [3.05, 3.63) is 28.2 Å². The van der Waals surface area contributed by atoms with E-state index in [-0.39, 0.29) is 11.9 Å². The first-order valence-electron chi connectivity index (χ1n) is 7.73. The topological polar surface area (TPSA) is 38.3 Å². The molecule has 0 aliphatic heterocycles. The molecular formula is C17H22BrNO2. The molecule has 2 fully saturated rings. The van der Waals surface area contributed by atoms with Gasteiger partial charge in [-0.25, -0.2) is 0 Å². The van der Waals surface area contributed by atoms with Gasteiger partial charge in [0.25, 0.3) is 5.91 Å². The Kier molecular flexibility index (Phi) is 4.25. The van der Waals surface area contributed by atoms with E-state index in [4.69, 9.17) is 4.74 Å². The number of carbonyl (C=O) groups is 1. The quantitative estimate of drug-likeness (QED) is 0.889. The number of hydrogen-bond donors (Lipinski definition) is 1. The van der Waals surface area contributed by atoms with Gasteiger partial charge in [0, 0.05) is 10.5 Å². The van der Waals surface area contributed by atoms with Crippen molar-refractivity contribution in [2.24, 2.45) is 17.8 Å². The van der Waals surface area contributed by atoms with Crippen LogP contribution in [-0.4, -0.2) is 19.1 Å². The molecule has 21 heavy (non-hydrogen) atoms. The summed E-state index contributed by atoms with van der Waals surface area (Å²) in [6.07, 6.45) is 5.39. The van der Waals surface area contributed by atoms with Crippen molar-refractivity contribution < 1.29 is 9.53 Å². The first-order chi connectivity index (χ1) is 10.1. The van der Waals surface area contributed by atoms with Gasteiger partial charge in [-0.2, -0.15) is 0 Å². The molecule has 3 nitrogen and oxygen atoms in total. The lowest BCUT2D eigenvalue weighted by Crippen LogP contribution is -2.40. The van der Waals surface area contributed by atoms with Gasteiger partial charge in [0.1, 0.15) is 5.75 Å². The zero-order valence-electron chi connectivity index (χ0n) is 12.6.